The van der Waals surface area contributed by atoms with Crippen molar-refractivity contribution in [2.45, 2.75) is 71.4 Å². The molecule has 1 fully saturated rings. The molecule has 1 N–H and O–H groups in total. The summed E-state index contributed by atoms with van der Waals surface area (Å²) in [4.78, 5) is 12.1. The van der Waals surface area contributed by atoms with Gasteiger partial charge in [-0.2, -0.15) is 0 Å². The molecule has 0 aromatic carbocycles. The molecule has 17 heavy (non-hydrogen) atoms. The Morgan fingerprint density at radius 2 is 2.12 bits per heavy atom. The lowest BCUT2D eigenvalue weighted by atomic mass is 9.76. The van der Waals surface area contributed by atoms with Gasteiger partial charge >= 0.3 is 5.97 Å². The molecule has 1 aliphatic rings. The number of carbonyl (C=O) groups excluding carboxylic acids is 1. The lowest BCUT2D eigenvalue weighted by Gasteiger charge is -2.37. The van der Waals surface area contributed by atoms with Crippen molar-refractivity contribution in [2.24, 2.45) is 5.92 Å². The molecular formula is C14H27NO2. The first kappa shape index (κ1) is 14.5. The fourth-order valence-electron chi connectivity index (χ4n) is 2.41. The zero-order chi connectivity index (χ0) is 12.9. The molecule has 0 bridgehead atoms. The summed E-state index contributed by atoms with van der Waals surface area (Å²) in [5.74, 6) is 0.605. The van der Waals surface area contributed by atoms with Gasteiger partial charge in [0.25, 0.3) is 0 Å². The number of ether oxygens (including phenoxy) is 1. The zero-order valence-corrected chi connectivity index (χ0v) is 11.7. The monoisotopic (exact) mass is 241 g/mol. The molecule has 0 amide bonds. The van der Waals surface area contributed by atoms with Crippen molar-refractivity contribution in [3.8, 4) is 0 Å². The molecule has 0 heterocycles. The summed E-state index contributed by atoms with van der Waals surface area (Å²) < 4.78 is 5.22. The molecule has 2 unspecified atom stereocenters. The van der Waals surface area contributed by atoms with Crippen LogP contribution in [0.5, 0.6) is 0 Å². The third-order valence-corrected chi connectivity index (χ3v) is 3.82. The van der Waals surface area contributed by atoms with Crippen LogP contribution >= 0.6 is 0 Å². The number of esters is 1. The van der Waals surface area contributed by atoms with E-state index in [0.717, 1.165) is 12.8 Å². The van der Waals surface area contributed by atoms with Crippen LogP contribution in [0.4, 0.5) is 0 Å². The van der Waals surface area contributed by atoms with E-state index in [9.17, 15) is 4.79 Å². The summed E-state index contributed by atoms with van der Waals surface area (Å²) in [6, 6.07) is 0.351. The van der Waals surface area contributed by atoms with E-state index in [-0.39, 0.29) is 5.97 Å². The second-order valence-electron chi connectivity index (χ2n) is 5.51. The molecule has 0 saturated heterocycles. The lowest BCUT2D eigenvalue weighted by Crippen LogP contribution is -2.55. The minimum atomic E-state index is -0.503. The van der Waals surface area contributed by atoms with E-state index >= 15 is 0 Å². The van der Waals surface area contributed by atoms with Gasteiger partial charge in [-0.3, -0.25) is 10.1 Å². The normalized spacial score (nSPS) is 21.4. The first-order chi connectivity index (χ1) is 8.01. The molecule has 1 aliphatic carbocycles. The van der Waals surface area contributed by atoms with Crippen molar-refractivity contribution in [1.29, 1.82) is 0 Å². The smallest absolute Gasteiger partial charge is 0.326 e. The molecule has 0 aromatic heterocycles. The van der Waals surface area contributed by atoms with E-state index in [1.54, 1.807) is 0 Å². The van der Waals surface area contributed by atoms with Gasteiger partial charge < -0.3 is 4.74 Å². The second kappa shape index (κ2) is 6.39. The Labute approximate surface area is 105 Å². The van der Waals surface area contributed by atoms with Crippen molar-refractivity contribution in [3.05, 3.63) is 0 Å². The van der Waals surface area contributed by atoms with Gasteiger partial charge in [0.1, 0.15) is 5.54 Å². The van der Waals surface area contributed by atoms with Gasteiger partial charge in [-0.1, -0.05) is 26.2 Å². The van der Waals surface area contributed by atoms with Crippen molar-refractivity contribution >= 4 is 5.97 Å². The van der Waals surface area contributed by atoms with Crippen LogP contribution in [0.3, 0.4) is 0 Å². The maximum absolute atomic E-state index is 12.1. The topological polar surface area (TPSA) is 38.3 Å². The minimum absolute atomic E-state index is 0.0906. The van der Waals surface area contributed by atoms with E-state index in [1.165, 1.54) is 19.3 Å². The molecule has 100 valence electrons. The molecule has 0 spiro atoms. The van der Waals surface area contributed by atoms with Gasteiger partial charge in [0, 0.05) is 6.04 Å². The SMILES string of the molecule is CCOC(=O)C(C)(CC1CCC1)NC(C)CC. The maximum atomic E-state index is 12.1. The summed E-state index contributed by atoms with van der Waals surface area (Å²) in [6.45, 7) is 8.58. The first-order valence-electron chi connectivity index (χ1n) is 6.96. The average Bonchev–Trinajstić information content (AvgIpc) is 2.24. The van der Waals surface area contributed by atoms with Crippen LogP contribution in [0, 0.1) is 5.92 Å². The van der Waals surface area contributed by atoms with Gasteiger partial charge in [-0.25, -0.2) is 0 Å². The Bertz CT molecular complexity index is 242. The Balaban J connectivity index is 2.63. The molecular weight excluding hydrogens is 214 g/mol. The molecule has 1 saturated carbocycles. The third-order valence-electron chi connectivity index (χ3n) is 3.82. The first-order valence-corrected chi connectivity index (χ1v) is 6.96. The predicted octanol–water partition coefficient (Wildman–Crippen LogP) is 2.89. The highest BCUT2D eigenvalue weighted by Gasteiger charge is 2.39. The molecule has 2 atom stereocenters. The van der Waals surface area contributed by atoms with Gasteiger partial charge in [0.15, 0.2) is 0 Å². The second-order valence-corrected chi connectivity index (χ2v) is 5.51. The van der Waals surface area contributed by atoms with E-state index in [4.69, 9.17) is 4.74 Å². The molecule has 0 aromatic rings. The van der Waals surface area contributed by atoms with Crippen LogP contribution in [0.1, 0.15) is 59.8 Å². The van der Waals surface area contributed by atoms with Gasteiger partial charge in [-0.15, -0.1) is 0 Å². The number of rotatable bonds is 7. The summed E-state index contributed by atoms with van der Waals surface area (Å²) in [6.07, 6.45) is 5.77. The van der Waals surface area contributed by atoms with E-state index in [0.29, 0.717) is 18.6 Å². The van der Waals surface area contributed by atoms with Crippen LogP contribution in [-0.4, -0.2) is 24.2 Å². The molecule has 0 aliphatic heterocycles. The quantitative estimate of drug-likeness (QED) is 0.697. The predicted molar refractivity (Wildman–Crippen MR) is 69.9 cm³/mol. The Hall–Kier alpha value is -0.570. The highest BCUT2D eigenvalue weighted by atomic mass is 16.5. The number of nitrogens with one attached hydrogen (secondary N) is 1. The maximum Gasteiger partial charge on any atom is 0.326 e. The average molecular weight is 241 g/mol. The van der Waals surface area contributed by atoms with Gasteiger partial charge in [-0.05, 0) is 39.5 Å². The van der Waals surface area contributed by atoms with Crippen LogP contribution in [0.15, 0.2) is 0 Å². The highest BCUT2D eigenvalue weighted by molar-refractivity contribution is 5.80. The molecule has 3 nitrogen and oxygen atoms in total. The van der Waals surface area contributed by atoms with Gasteiger partial charge in [0.2, 0.25) is 0 Å². The minimum Gasteiger partial charge on any atom is -0.465 e. The Morgan fingerprint density at radius 3 is 2.53 bits per heavy atom. The summed E-state index contributed by atoms with van der Waals surface area (Å²) in [5.41, 5.74) is -0.503. The standard InChI is InChI=1S/C14H27NO2/c1-5-11(3)15-14(4,13(16)17-6-2)10-12-8-7-9-12/h11-12,15H,5-10H2,1-4H3. The van der Waals surface area contributed by atoms with Crippen LogP contribution in [-0.2, 0) is 9.53 Å². The summed E-state index contributed by atoms with van der Waals surface area (Å²) in [7, 11) is 0. The third kappa shape index (κ3) is 3.98. The number of carbonyl (C=O) groups is 1. The fourth-order valence-corrected chi connectivity index (χ4v) is 2.41. The summed E-state index contributed by atoms with van der Waals surface area (Å²) >= 11 is 0. The Morgan fingerprint density at radius 1 is 1.47 bits per heavy atom. The Kier molecular flexibility index (Phi) is 5.44. The molecule has 3 heteroatoms. The van der Waals surface area contributed by atoms with Crippen molar-refractivity contribution < 1.29 is 9.53 Å². The molecule has 0 radical (unpaired) electrons. The lowest BCUT2D eigenvalue weighted by molar-refractivity contribution is -0.152. The molecule has 1 rings (SSSR count). The van der Waals surface area contributed by atoms with Crippen LogP contribution in [0.25, 0.3) is 0 Å². The summed E-state index contributed by atoms with van der Waals surface area (Å²) in [5, 5.41) is 3.45. The number of hydrogen-bond donors (Lipinski definition) is 1. The largest absolute Gasteiger partial charge is 0.465 e. The van der Waals surface area contributed by atoms with Crippen molar-refractivity contribution in [3.63, 3.8) is 0 Å². The fraction of sp³-hybridized carbons (Fsp3) is 0.929. The zero-order valence-electron chi connectivity index (χ0n) is 11.7. The van der Waals surface area contributed by atoms with E-state index in [1.807, 2.05) is 13.8 Å². The number of hydrogen-bond acceptors (Lipinski definition) is 3. The van der Waals surface area contributed by atoms with Crippen molar-refractivity contribution in [1.82, 2.24) is 5.32 Å². The van der Waals surface area contributed by atoms with Crippen LogP contribution in [0.2, 0.25) is 0 Å². The van der Waals surface area contributed by atoms with E-state index < -0.39 is 5.54 Å². The van der Waals surface area contributed by atoms with E-state index in [2.05, 4.69) is 19.2 Å². The van der Waals surface area contributed by atoms with Gasteiger partial charge in [0.05, 0.1) is 6.61 Å². The van der Waals surface area contributed by atoms with Crippen molar-refractivity contribution in [2.75, 3.05) is 6.61 Å². The van der Waals surface area contributed by atoms with Crippen LogP contribution < -0.4 is 5.32 Å². The highest BCUT2D eigenvalue weighted by Crippen LogP contribution is 2.34.